The van der Waals surface area contributed by atoms with Crippen LogP contribution < -0.4 is 0 Å². The Morgan fingerprint density at radius 1 is 0.294 bits per heavy atom. The van der Waals surface area contributed by atoms with Crippen LogP contribution in [0.15, 0.2) is 206 Å². The number of rotatable bonds is 7. The number of benzene rings is 9. The Labute approximate surface area is 390 Å². The highest BCUT2D eigenvalue weighted by Gasteiger charge is 2.23. The molecule has 0 unspecified atom stereocenters. The molecule has 0 fully saturated rings. The predicted octanol–water partition coefficient (Wildman–Crippen LogP) is 14.0. The lowest BCUT2D eigenvalue weighted by Gasteiger charge is -2.21. The summed E-state index contributed by atoms with van der Waals surface area (Å²) in [6.45, 7) is 0. The lowest BCUT2D eigenvalue weighted by atomic mass is 9.94. The van der Waals surface area contributed by atoms with Gasteiger partial charge in [-0.05, 0) is 102 Å². The first-order valence-corrected chi connectivity index (χ1v) is 22.1. The summed E-state index contributed by atoms with van der Waals surface area (Å²) in [7, 11) is 0. The van der Waals surface area contributed by atoms with Gasteiger partial charge in [0.15, 0.2) is 17.5 Å². The van der Waals surface area contributed by atoms with Crippen molar-refractivity contribution >= 4 is 43.6 Å². The van der Waals surface area contributed by atoms with E-state index in [0.717, 1.165) is 93.9 Å². The van der Waals surface area contributed by atoms with Crippen LogP contribution >= 0.6 is 0 Å². The summed E-state index contributed by atoms with van der Waals surface area (Å²) in [5.41, 5.74) is 13.7. The van der Waals surface area contributed by atoms with Gasteiger partial charge in [0.2, 0.25) is 0 Å². The van der Waals surface area contributed by atoms with Crippen molar-refractivity contribution < 1.29 is 0 Å². The maximum atomic E-state index is 10.1. The molecule has 0 radical (unpaired) electrons. The first-order chi connectivity index (χ1) is 33.6. The number of nitrogens with zero attached hydrogens (tertiary/aromatic N) is 8. The SMILES string of the molecule is N#Cc1ccc(-c2ccc(-n3c4ccccc4c4cc(C#N)ccc43)c(-c3cc(-c4nc(-c5ccccc5)nc(-c5ccccc5)n4)ccc3-n3c4ccccc4c4cc(C#N)ccc43)c2)cc1. The number of hydrogen-bond acceptors (Lipinski definition) is 6. The molecule has 0 spiro atoms. The molecular weight excluding hydrogens is 833 g/mol. The number of para-hydroxylation sites is 2. The fourth-order valence-electron chi connectivity index (χ4n) is 9.49. The number of aromatic nitrogens is 5. The van der Waals surface area contributed by atoms with E-state index in [1.165, 1.54) is 0 Å². The van der Waals surface area contributed by atoms with Gasteiger partial charge in [0.25, 0.3) is 0 Å². The van der Waals surface area contributed by atoms with E-state index in [4.69, 9.17) is 15.0 Å². The maximum Gasteiger partial charge on any atom is 0.164 e. The molecule has 0 saturated heterocycles. The quantitative estimate of drug-likeness (QED) is 0.157. The van der Waals surface area contributed by atoms with Gasteiger partial charge < -0.3 is 9.13 Å². The van der Waals surface area contributed by atoms with E-state index in [2.05, 4.69) is 88.0 Å². The van der Waals surface area contributed by atoms with Gasteiger partial charge in [-0.15, -0.1) is 0 Å². The summed E-state index contributed by atoms with van der Waals surface area (Å²) < 4.78 is 4.57. The molecule has 0 aliphatic carbocycles. The lowest BCUT2D eigenvalue weighted by Crippen LogP contribution is -2.04. The topological polar surface area (TPSA) is 120 Å². The predicted molar refractivity (Wildman–Crippen MR) is 270 cm³/mol. The molecule has 9 aromatic carbocycles. The third-order valence-corrected chi connectivity index (χ3v) is 12.7. The van der Waals surface area contributed by atoms with Crippen molar-refractivity contribution in [3.8, 4) is 86.0 Å². The zero-order valence-corrected chi connectivity index (χ0v) is 36.2. The van der Waals surface area contributed by atoms with Crippen molar-refractivity contribution in [1.82, 2.24) is 24.1 Å². The Hall–Kier alpha value is -9.94. The number of fused-ring (bicyclic) bond motifs is 6. The van der Waals surface area contributed by atoms with Crippen molar-refractivity contribution in [2.24, 2.45) is 0 Å². The van der Waals surface area contributed by atoms with Gasteiger partial charge in [0.05, 0.1) is 68.3 Å². The van der Waals surface area contributed by atoms with E-state index in [1.54, 1.807) is 0 Å². The summed E-state index contributed by atoms with van der Waals surface area (Å²) in [4.78, 5) is 15.4. The molecule has 3 heterocycles. The Morgan fingerprint density at radius 3 is 1.16 bits per heavy atom. The molecule has 0 saturated carbocycles. The molecule has 68 heavy (non-hydrogen) atoms. The third kappa shape index (κ3) is 6.63. The van der Waals surface area contributed by atoms with Crippen LogP contribution in [0.5, 0.6) is 0 Å². The summed E-state index contributed by atoms with van der Waals surface area (Å²) in [5, 5.41) is 33.8. The van der Waals surface area contributed by atoms with E-state index in [0.29, 0.717) is 34.2 Å². The Balaban J connectivity index is 1.21. The van der Waals surface area contributed by atoms with E-state index in [9.17, 15) is 15.8 Å². The highest BCUT2D eigenvalue weighted by atomic mass is 15.0. The molecule has 8 nitrogen and oxygen atoms in total. The van der Waals surface area contributed by atoms with Gasteiger partial charge in [-0.3, -0.25) is 0 Å². The Kier molecular flexibility index (Phi) is 9.47. The minimum Gasteiger partial charge on any atom is -0.309 e. The van der Waals surface area contributed by atoms with Crippen LogP contribution in [0.4, 0.5) is 0 Å². The first-order valence-electron chi connectivity index (χ1n) is 22.1. The second kappa shape index (κ2) is 16.2. The van der Waals surface area contributed by atoms with Crippen LogP contribution in [0.2, 0.25) is 0 Å². The van der Waals surface area contributed by atoms with Crippen LogP contribution in [-0.2, 0) is 0 Å². The van der Waals surface area contributed by atoms with Gasteiger partial charge in [-0.1, -0.05) is 115 Å². The van der Waals surface area contributed by atoms with Crippen LogP contribution in [0.1, 0.15) is 16.7 Å². The van der Waals surface area contributed by atoms with Gasteiger partial charge in [0.1, 0.15) is 0 Å². The molecule has 314 valence electrons. The Morgan fingerprint density at radius 2 is 0.676 bits per heavy atom. The van der Waals surface area contributed by atoms with Crippen LogP contribution in [0, 0.1) is 34.0 Å². The third-order valence-electron chi connectivity index (χ3n) is 12.7. The van der Waals surface area contributed by atoms with Gasteiger partial charge >= 0.3 is 0 Å². The molecule has 0 bridgehead atoms. The highest BCUT2D eigenvalue weighted by Crippen LogP contribution is 2.44. The van der Waals surface area contributed by atoms with E-state index >= 15 is 0 Å². The molecule has 0 atom stereocenters. The van der Waals surface area contributed by atoms with E-state index in [1.807, 2.05) is 146 Å². The highest BCUT2D eigenvalue weighted by molar-refractivity contribution is 6.12. The molecule has 12 aromatic rings. The van der Waals surface area contributed by atoms with E-state index < -0.39 is 0 Å². The molecule has 8 heteroatoms. The Bertz CT molecular complexity index is 4050. The van der Waals surface area contributed by atoms with Crippen LogP contribution in [0.3, 0.4) is 0 Å². The molecule has 0 amide bonds. The smallest absolute Gasteiger partial charge is 0.164 e. The maximum absolute atomic E-state index is 10.1. The fourth-order valence-corrected chi connectivity index (χ4v) is 9.49. The summed E-state index contributed by atoms with van der Waals surface area (Å²) >= 11 is 0. The van der Waals surface area contributed by atoms with Crippen molar-refractivity contribution in [2.75, 3.05) is 0 Å². The molecule has 0 N–H and O–H groups in total. The van der Waals surface area contributed by atoms with Gasteiger partial charge in [0, 0.05) is 49.4 Å². The largest absolute Gasteiger partial charge is 0.309 e. The van der Waals surface area contributed by atoms with Crippen molar-refractivity contribution in [2.45, 2.75) is 0 Å². The average molecular weight is 867 g/mol. The second-order valence-corrected chi connectivity index (χ2v) is 16.6. The van der Waals surface area contributed by atoms with Crippen molar-refractivity contribution in [1.29, 1.82) is 15.8 Å². The van der Waals surface area contributed by atoms with E-state index in [-0.39, 0.29) is 0 Å². The molecule has 0 aliphatic rings. The summed E-state index contributed by atoms with van der Waals surface area (Å²) in [6.07, 6.45) is 0. The van der Waals surface area contributed by atoms with Crippen molar-refractivity contribution in [3.05, 3.63) is 223 Å². The zero-order chi connectivity index (χ0) is 45.7. The molecular formula is C60H34N8. The van der Waals surface area contributed by atoms with Gasteiger partial charge in [-0.25, -0.2) is 15.0 Å². The molecule has 12 rings (SSSR count). The average Bonchev–Trinajstić information content (AvgIpc) is 3.92. The summed E-state index contributed by atoms with van der Waals surface area (Å²) in [5.74, 6) is 1.62. The number of nitriles is 3. The molecule has 0 aliphatic heterocycles. The van der Waals surface area contributed by atoms with Crippen LogP contribution in [-0.4, -0.2) is 24.1 Å². The minimum absolute atomic E-state index is 0.511. The standard InChI is InChI=1S/C60H34N8/c61-35-38-19-23-41(24-20-38)44-25-29-56(67-52-17-9-7-15-46(52)48-31-39(36-62)21-27-54(48)67)50(33-44)51-34-45(60-65-58(42-11-3-1-4-12-42)64-59(66-60)43-13-5-2-6-14-43)26-30-57(51)68-53-18-10-8-16-47(53)49-32-40(37-63)22-28-55(49)68/h1-34H. The van der Waals surface area contributed by atoms with Crippen molar-refractivity contribution in [3.63, 3.8) is 0 Å². The fraction of sp³-hybridized carbons (Fsp3) is 0. The number of hydrogen-bond donors (Lipinski definition) is 0. The molecule has 3 aromatic heterocycles. The normalized spacial score (nSPS) is 11.2. The monoisotopic (exact) mass is 866 g/mol. The lowest BCUT2D eigenvalue weighted by molar-refractivity contribution is 1.07. The summed E-state index contributed by atoms with van der Waals surface area (Å²) in [6, 6.07) is 75.8. The zero-order valence-electron chi connectivity index (χ0n) is 36.2. The first kappa shape index (κ1) is 39.6. The second-order valence-electron chi connectivity index (χ2n) is 16.6. The van der Waals surface area contributed by atoms with Crippen LogP contribution in [0.25, 0.3) is 111 Å². The van der Waals surface area contributed by atoms with Gasteiger partial charge in [-0.2, -0.15) is 15.8 Å². The minimum atomic E-state index is 0.511.